The summed E-state index contributed by atoms with van der Waals surface area (Å²) < 4.78 is 142. The maximum absolute atomic E-state index is 9.01. The minimum atomic E-state index is -2.82. The number of fused-ring (bicyclic) bond motifs is 4. The molecule has 7 heteroatoms. The summed E-state index contributed by atoms with van der Waals surface area (Å²) in [4.78, 5) is 9.07. The third kappa shape index (κ3) is 7.22. The number of ether oxygens (including phenoxy) is 1. The number of hydrogen-bond acceptors (Lipinski definition) is 3. The van der Waals surface area contributed by atoms with Gasteiger partial charge in [0.05, 0.1) is 30.4 Å². The van der Waals surface area contributed by atoms with Gasteiger partial charge in [-0.3, -0.25) is 4.57 Å². The molecule has 60 heavy (non-hydrogen) atoms. The maximum Gasteiger partial charge on any atom is 0.268 e. The van der Waals surface area contributed by atoms with Gasteiger partial charge in [0.25, 0.3) is 6.33 Å². The quantitative estimate of drug-likeness (QED) is 0.113. The van der Waals surface area contributed by atoms with Crippen LogP contribution in [-0.4, -0.2) is 19.1 Å². The molecule has 0 bridgehead atoms. The van der Waals surface area contributed by atoms with E-state index in [0.29, 0.717) is 27.9 Å². The predicted octanol–water partition coefficient (Wildman–Crippen LogP) is 12.2. The van der Waals surface area contributed by atoms with Gasteiger partial charge in [0.2, 0.25) is 0 Å². The van der Waals surface area contributed by atoms with Crippen LogP contribution in [0.5, 0.6) is 11.5 Å². The van der Waals surface area contributed by atoms with Crippen molar-refractivity contribution in [1.82, 2.24) is 19.1 Å². The Kier molecular flexibility index (Phi) is 6.63. The van der Waals surface area contributed by atoms with E-state index in [1.54, 1.807) is 54.7 Å². The van der Waals surface area contributed by atoms with Crippen LogP contribution < -0.4 is 9.30 Å². The normalized spacial score (nSPS) is 15.6. The monoisotopic (exact) mass is 973 g/mol. The van der Waals surface area contributed by atoms with Crippen LogP contribution in [0.3, 0.4) is 0 Å². The number of para-hydroxylation sites is 4. The van der Waals surface area contributed by atoms with Crippen LogP contribution in [0, 0.1) is 30.7 Å². The smallest absolute Gasteiger partial charge is 0.268 e. The largest absolute Gasteiger partial charge is 0.508 e. The number of aryl methyl sites for hydroxylation is 1. The topological polar surface area (TPSA) is 48.8 Å². The van der Waals surface area contributed by atoms with Crippen LogP contribution in [0.4, 0.5) is 0 Å². The first kappa shape index (κ1) is 25.1. The van der Waals surface area contributed by atoms with Gasteiger partial charge in [0.15, 0.2) is 0 Å². The Morgan fingerprint density at radius 2 is 1.47 bits per heavy atom. The summed E-state index contributed by atoms with van der Waals surface area (Å²) in [6, 6.07) is 26.2. The van der Waals surface area contributed by atoms with Gasteiger partial charge in [-0.25, -0.2) is 4.98 Å². The molecule has 0 saturated carbocycles. The number of benzene rings is 6. The van der Waals surface area contributed by atoms with E-state index >= 15 is 0 Å². The van der Waals surface area contributed by atoms with Crippen molar-refractivity contribution in [2.45, 2.75) is 34.0 Å². The third-order valence-electron chi connectivity index (χ3n) is 9.64. The number of pyridine rings is 2. The molecule has 0 fully saturated rings. The number of hydrogen-bond donors (Lipinski definition) is 0. The Bertz CT molecular complexity index is 3830. The van der Waals surface area contributed by atoms with Crippen molar-refractivity contribution in [2.75, 3.05) is 0 Å². The molecule has 0 aliphatic heterocycles. The first-order valence-corrected chi connectivity index (χ1v) is 18.7. The van der Waals surface area contributed by atoms with Crippen molar-refractivity contribution in [3.05, 3.63) is 194 Å². The zero-order valence-electron chi connectivity index (χ0n) is 47.3. The molecule has 0 saturated heterocycles. The van der Waals surface area contributed by atoms with E-state index in [2.05, 4.69) is 28.4 Å². The number of nitrogens with zero attached hydrogens (tertiary/aromatic N) is 5. The van der Waals surface area contributed by atoms with Crippen molar-refractivity contribution >= 4 is 32.8 Å². The Morgan fingerprint density at radius 1 is 0.767 bits per heavy atom. The van der Waals surface area contributed by atoms with E-state index in [9.17, 15) is 0 Å². The SMILES string of the molecule is [2H]c1c([2H])c([2H])c(-c2cccc(-c3c([2H])c([2H])c([2H])c([2H])c3[2H])c2-[n+]2[c-]n(-c3[c-]c(Oc4[c-]c5c(cc4)c4ccccc4n5-c4cc(C([2H])([2H])C(C)(C)C)ccn4)c(C([2H])([2H])[2H])nc3)c3ccccc32)c([2H])c1[2H].[Pt]. The van der Waals surface area contributed by atoms with Crippen molar-refractivity contribution in [3.63, 3.8) is 0 Å². The Balaban J connectivity index is 0.00000689. The molecule has 6 aromatic carbocycles. The molecule has 6 nitrogen and oxygen atoms in total. The van der Waals surface area contributed by atoms with Crippen molar-refractivity contribution in [1.29, 1.82) is 0 Å². The van der Waals surface area contributed by atoms with E-state index in [4.69, 9.17) is 25.3 Å². The van der Waals surface area contributed by atoms with E-state index < -0.39 is 84.8 Å². The first-order valence-electron chi connectivity index (χ1n) is 26.2. The molecule has 0 spiro atoms. The van der Waals surface area contributed by atoms with E-state index in [1.165, 1.54) is 33.5 Å². The summed E-state index contributed by atoms with van der Waals surface area (Å²) in [5.74, 6) is 0.201. The maximum atomic E-state index is 9.01. The summed E-state index contributed by atoms with van der Waals surface area (Å²) in [7, 11) is 0. The van der Waals surface area contributed by atoms with Crippen LogP contribution >= 0.6 is 0 Å². The number of rotatable bonds is 8. The molecule has 4 aromatic heterocycles. The van der Waals surface area contributed by atoms with Crippen molar-refractivity contribution < 1.29 is 50.9 Å². The number of imidazole rings is 1. The van der Waals surface area contributed by atoms with Gasteiger partial charge in [0, 0.05) is 51.1 Å². The fourth-order valence-corrected chi connectivity index (χ4v) is 7.27. The zero-order valence-corrected chi connectivity index (χ0v) is 34.5. The Hall–Kier alpha value is -6.62. The van der Waals surface area contributed by atoms with Crippen LogP contribution in [0.15, 0.2) is 164 Å². The fourth-order valence-electron chi connectivity index (χ4n) is 7.27. The second-order valence-corrected chi connectivity index (χ2v) is 14.7. The summed E-state index contributed by atoms with van der Waals surface area (Å²) >= 11 is 0. The van der Waals surface area contributed by atoms with Crippen LogP contribution in [0.25, 0.3) is 72.3 Å². The molecule has 296 valence electrons. The molecule has 0 N–H and O–H groups in total. The third-order valence-corrected chi connectivity index (χ3v) is 9.64. The average Bonchev–Trinajstić information content (AvgIpc) is 3.92. The average molecular weight is 974 g/mol. The summed E-state index contributed by atoms with van der Waals surface area (Å²) in [6.07, 6.45) is 4.34. The van der Waals surface area contributed by atoms with Gasteiger partial charge in [-0.1, -0.05) is 160 Å². The molecule has 0 radical (unpaired) electrons. The van der Waals surface area contributed by atoms with Gasteiger partial charge in [-0.15, -0.1) is 23.6 Å². The van der Waals surface area contributed by atoms with Crippen molar-refractivity contribution in [2.24, 2.45) is 5.41 Å². The van der Waals surface area contributed by atoms with E-state index in [1.807, 2.05) is 49.6 Å². The van der Waals surface area contributed by atoms with Crippen molar-refractivity contribution in [3.8, 4) is 50.9 Å². The first-order chi connectivity index (χ1) is 34.9. The number of aromatic nitrogens is 5. The molecule has 0 unspecified atom stereocenters. The van der Waals surface area contributed by atoms with Crippen LogP contribution in [0.2, 0.25) is 0 Å². The minimum Gasteiger partial charge on any atom is -0.508 e. The van der Waals surface area contributed by atoms with Gasteiger partial charge in [-0.2, -0.15) is 6.07 Å². The molecule has 0 amide bonds. The summed E-state index contributed by atoms with van der Waals surface area (Å²) in [5, 5.41) is 1.61. The molecular formula is C53H41N5OPt-2. The zero-order chi connectivity index (χ0) is 53.1. The molecule has 0 aliphatic carbocycles. The van der Waals surface area contributed by atoms with Crippen LogP contribution in [0.1, 0.15) is 52.6 Å². The molecule has 10 aromatic rings. The summed E-state index contributed by atoms with van der Waals surface area (Å²) in [5.41, 5.74) is 1.03. The molecule has 4 heterocycles. The van der Waals surface area contributed by atoms with Crippen LogP contribution in [-0.2, 0) is 27.4 Å². The van der Waals surface area contributed by atoms with Gasteiger partial charge in [0.1, 0.15) is 5.82 Å². The van der Waals surface area contributed by atoms with E-state index in [-0.39, 0.29) is 66.2 Å². The molecular weight excluding hydrogens is 918 g/mol. The Labute approximate surface area is 385 Å². The van der Waals surface area contributed by atoms with E-state index in [0.717, 1.165) is 16.3 Å². The Morgan fingerprint density at radius 3 is 2.18 bits per heavy atom. The molecule has 10 rings (SSSR count). The fraction of sp³-hybridized carbons (Fsp3) is 0.113. The predicted molar refractivity (Wildman–Crippen MR) is 237 cm³/mol. The second-order valence-electron chi connectivity index (χ2n) is 14.7. The summed E-state index contributed by atoms with van der Waals surface area (Å²) in [6.45, 7) is 2.66. The van der Waals surface area contributed by atoms with Gasteiger partial charge < -0.3 is 18.9 Å². The van der Waals surface area contributed by atoms with Gasteiger partial charge >= 0.3 is 0 Å². The molecule has 0 atom stereocenters. The molecule has 0 aliphatic rings. The van der Waals surface area contributed by atoms with Gasteiger partial charge in [-0.05, 0) is 74.6 Å². The minimum absolute atomic E-state index is 0. The second kappa shape index (κ2) is 15.9. The standard InChI is InChI=1S/C53H41N5O.Pt/c1-36-50(59-41-26-27-45-44-20-11-12-23-46(44)58(49(45)32-41)51-30-37(28-29-54-51)33-53(2,3)4)31-40(34-55-36)56-35-57(48-25-14-13-24-47(48)56)52-42(38-16-7-5-8-17-38)21-15-22-43(52)39-18-9-6-10-19-39;/h5-30,34H,33H2,1-4H3;/q-2;/i1D3,5D,6D,7D,8D,9D,10D,16D,17D,18D,19D,33D2;.